The average molecular weight is 265 g/mol. The Kier molecular flexibility index (Phi) is 4.57. The molecule has 0 saturated carbocycles. The number of nitro benzene ring substituents is 1. The van der Waals surface area contributed by atoms with E-state index in [0.717, 1.165) is 0 Å². The Balaban J connectivity index is 2.87. The van der Waals surface area contributed by atoms with Crippen LogP contribution >= 0.6 is 0 Å². The number of carbonyl (C=O) groups is 2. The summed E-state index contributed by atoms with van der Waals surface area (Å²) in [5.74, 6) is -1.63. The summed E-state index contributed by atoms with van der Waals surface area (Å²) in [7, 11) is 0. The second kappa shape index (κ2) is 5.94. The molecule has 0 bridgehead atoms. The summed E-state index contributed by atoms with van der Waals surface area (Å²) in [5.41, 5.74) is 0.736. The largest absolute Gasteiger partial charge is 0.346 e. The SMILES string of the molecule is Cc1ccc([N+](=O)[O-])cc1NC(=O)C(=O)NC(C)C. The number of nitrogens with zero attached hydrogens (tertiary/aromatic N) is 1. The van der Waals surface area contributed by atoms with Crippen LogP contribution in [0.5, 0.6) is 0 Å². The topological polar surface area (TPSA) is 101 Å². The number of hydrogen-bond acceptors (Lipinski definition) is 4. The van der Waals surface area contributed by atoms with E-state index in [-0.39, 0.29) is 17.4 Å². The average Bonchev–Trinajstić information content (AvgIpc) is 2.30. The van der Waals surface area contributed by atoms with Crippen LogP contribution in [0.3, 0.4) is 0 Å². The number of carbonyl (C=O) groups excluding carboxylic acids is 2. The fourth-order valence-corrected chi connectivity index (χ4v) is 1.37. The summed E-state index contributed by atoms with van der Waals surface area (Å²) in [6.07, 6.45) is 0. The van der Waals surface area contributed by atoms with Crippen molar-refractivity contribution in [3.05, 3.63) is 33.9 Å². The summed E-state index contributed by atoms with van der Waals surface area (Å²) >= 11 is 0. The molecule has 7 nitrogen and oxygen atoms in total. The standard InChI is InChI=1S/C12H15N3O4/c1-7(2)13-11(16)12(17)14-10-6-9(15(18)19)5-4-8(10)3/h4-7H,1-3H3,(H,13,16)(H,14,17). The first-order chi connectivity index (χ1) is 8.81. The van der Waals surface area contributed by atoms with E-state index in [1.165, 1.54) is 18.2 Å². The zero-order chi connectivity index (χ0) is 14.6. The lowest BCUT2D eigenvalue weighted by molar-refractivity contribution is -0.384. The third-order valence-corrected chi connectivity index (χ3v) is 2.31. The number of aryl methyl sites for hydroxylation is 1. The Bertz CT molecular complexity index is 526. The lowest BCUT2D eigenvalue weighted by Crippen LogP contribution is -2.39. The van der Waals surface area contributed by atoms with Crippen molar-refractivity contribution in [2.24, 2.45) is 0 Å². The van der Waals surface area contributed by atoms with Crippen LogP contribution in [-0.4, -0.2) is 22.8 Å². The number of non-ortho nitro benzene ring substituents is 1. The molecule has 0 atom stereocenters. The van der Waals surface area contributed by atoms with Crippen LogP contribution in [0, 0.1) is 17.0 Å². The molecule has 0 aromatic heterocycles. The van der Waals surface area contributed by atoms with E-state index in [0.29, 0.717) is 5.56 Å². The number of benzene rings is 1. The molecule has 0 aliphatic heterocycles. The van der Waals surface area contributed by atoms with Crippen molar-refractivity contribution >= 4 is 23.2 Å². The minimum Gasteiger partial charge on any atom is -0.346 e. The van der Waals surface area contributed by atoms with Gasteiger partial charge in [0, 0.05) is 18.2 Å². The Labute approximate surface area is 110 Å². The van der Waals surface area contributed by atoms with Gasteiger partial charge in [0.15, 0.2) is 0 Å². The van der Waals surface area contributed by atoms with Gasteiger partial charge in [-0.2, -0.15) is 0 Å². The van der Waals surface area contributed by atoms with Crippen LogP contribution in [0.15, 0.2) is 18.2 Å². The smallest absolute Gasteiger partial charge is 0.313 e. The molecule has 1 rings (SSSR count). The second-order valence-electron chi connectivity index (χ2n) is 4.34. The van der Waals surface area contributed by atoms with Gasteiger partial charge in [0.1, 0.15) is 0 Å². The molecule has 0 aliphatic rings. The van der Waals surface area contributed by atoms with Gasteiger partial charge < -0.3 is 10.6 Å². The lowest BCUT2D eigenvalue weighted by atomic mass is 10.2. The molecule has 0 heterocycles. The fraction of sp³-hybridized carbons (Fsp3) is 0.333. The molecular weight excluding hydrogens is 250 g/mol. The van der Waals surface area contributed by atoms with Crippen molar-refractivity contribution in [3.63, 3.8) is 0 Å². The first kappa shape index (κ1) is 14.6. The van der Waals surface area contributed by atoms with Gasteiger partial charge in [0.25, 0.3) is 5.69 Å². The van der Waals surface area contributed by atoms with E-state index in [9.17, 15) is 19.7 Å². The third-order valence-electron chi connectivity index (χ3n) is 2.31. The fourth-order valence-electron chi connectivity index (χ4n) is 1.37. The minimum atomic E-state index is -0.850. The number of rotatable bonds is 3. The van der Waals surface area contributed by atoms with Crippen LogP contribution in [0.4, 0.5) is 11.4 Å². The maximum Gasteiger partial charge on any atom is 0.313 e. The molecule has 102 valence electrons. The summed E-state index contributed by atoms with van der Waals surface area (Å²) in [6, 6.07) is 3.90. The van der Waals surface area contributed by atoms with E-state index < -0.39 is 16.7 Å². The Morgan fingerprint density at radius 2 is 1.89 bits per heavy atom. The molecule has 1 aromatic rings. The maximum absolute atomic E-state index is 11.6. The van der Waals surface area contributed by atoms with Gasteiger partial charge in [0.05, 0.1) is 10.6 Å². The predicted octanol–water partition coefficient (Wildman–Crippen LogP) is 1.37. The summed E-state index contributed by atoms with van der Waals surface area (Å²) in [6.45, 7) is 5.13. The van der Waals surface area contributed by atoms with Crippen molar-refractivity contribution in [2.75, 3.05) is 5.32 Å². The summed E-state index contributed by atoms with van der Waals surface area (Å²) in [5, 5.41) is 15.4. The maximum atomic E-state index is 11.6. The van der Waals surface area contributed by atoms with Gasteiger partial charge in [-0.05, 0) is 26.3 Å². The molecule has 0 saturated heterocycles. The van der Waals surface area contributed by atoms with Crippen molar-refractivity contribution in [1.29, 1.82) is 0 Å². The molecule has 0 spiro atoms. The van der Waals surface area contributed by atoms with Crippen molar-refractivity contribution < 1.29 is 14.5 Å². The molecule has 0 radical (unpaired) electrons. The van der Waals surface area contributed by atoms with Crippen LogP contribution in [0.25, 0.3) is 0 Å². The molecule has 0 aliphatic carbocycles. The highest BCUT2D eigenvalue weighted by atomic mass is 16.6. The molecule has 0 fully saturated rings. The zero-order valence-corrected chi connectivity index (χ0v) is 10.9. The predicted molar refractivity (Wildman–Crippen MR) is 69.7 cm³/mol. The highest BCUT2D eigenvalue weighted by molar-refractivity contribution is 6.39. The van der Waals surface area contributed by atoms with Gasteiger partial charge in [-0.3, -0.25) is 19.7 Å². The van der Waals surface area contributed by atoms with E-state index in [1.54, 1.807) is 20.8 Å². The van der Waals surface area contributed by atoms with Gasteiger partial charge >= 0.3 is 11.8 Å². The van der Waals surface area contributed by atoms with Gasteiger partial charge in [-0.15, -0.1) is 0 Å². The molecular formula is C12H15N3O4. The zero-order valence-electron chi connectivity index (χ0n) is 10.9. The van der Waals surface area contributed by atoms with Gasteiger partial charge in [-0.25, -0.2) is 0 Å². The second-order valence-corrected chi connectivity index (χ2v) is 4.34. The number of amides is 2. The van der Waals surface area contributed by atoms with Crippen molar-refractivity contribution in [2.45, 2.75) is 26.8 Å². The highest BCUT2D eigenvalue weighted by Gasteiger charge is 2.17. The van der Waals surface area contributed by atoms with Gasteiger partial charge in [-0.1, -0.05) is 6.07 Å². The normalized spacial score (nSPS) is 10.1. The monoisotopic (exact) mass is 265 g/mol. The Hall–Kier alpha value is -2.44. The highest BCUT2D eigenvalue weighted by Crippen LogP contribution is 2.21. The van der Waals surface area contributed by atoms with Crippen molar-refractivity contribution in [1.82, 2.24) is 5.32 Å². The quantitative estimate of drug-likeness (QED) is 0.489. The Morgan fingerprint density at radius 1 is 1.26 bits per heavy atom. The van der Waals surface area contributed by atoms with E-state index in [2.05, 4.69) is 10.6 Å². The van der Waals surface area contributed by atoms with Crippen LogP contribution in [0.1, 0.15) is 19.4 Å². The van der Waals surface area contributed by atoms with Gasteiger partial charge in [0.2, 0.25) is 0 Å². The molecule has 2 amide bonds. The number of nitrogens with one attached hydrogen (secondary N) is 2. The molecule has 2 N–H and O–H groups in total. The first-order valence-corrected chi connectivity index (χ1v) is 5.68. The Morgan fingerprint density at radius 3 is 2.42 bits per heavy atom. The lowest BCUT2D eigenvalue weighted by Gasteiger charge is -2.10. The van der Waals surface area contributed by atoms with Crippen LogP contribution in [-0.2, 0) is 9.59 Å². The van der Waals surface area contributed by atoms with Crippen LogP contribution in [0.2, 0.25) is 0 Å². The summed E-state index contributed by atoms with van der Waals surface area (Å²) < 4.78 is 0. The molecule has 1 aromatic carbocycles. The number of hydrogen-bond donors (Lipinski definition) is 2. The number of nitro groups is 1. The third kappa shape index (κ3) is 4.06. The van der Waals surface area contributed by atoms with E-state index >= 15 is 0 Å². The number of anilines is 1. The van der Waals surface area contributed by atoms with E-state index in [1.807, 2.05) is 0 Å². The first-order valence-electron chi connectivity index (χ1n) is 5.68. The molecule has 19 heavy (non-hydrogen) atoms. The van der Waals surface area contributed by atoms with Crippen LogP contribution < -0.4 is 10.6 Å². The van der Waals surface area contributed by atoms with E-state index in [4.69, 9.17) is 0 Å². The summed E-state index contributed by atoms with van der Waals surface area (Å²) in [4.78, 5) is 33.1. The molecule has 0 unspecified atom stereocenters. The minimum absolute atomic E-state index is 0.148. The van der Waals surface area contributed by atoms with Crippen molar-refractivity contribution in [3.8, 4) is 0 Å². The molecule has 7 heteroatoms.